The second-order valence-electron chi connectivity index (χ2n) is 2.30. The molecule has 0 aliphatic rings. The Morgan fingerprint density at radius 2 is 2.31 bits per heavy atom. The number of Topliss-reactive ketones (excluding diaryl/α,β-unsaturated/α-hetero) is 1. The third-order valence-corrected chi connectivity index (χ3v) is 3.16. The summed E-state index contributed by atoms with van der Waals surface area (Å²) < 4.78 is 5.32. The number of rotatable bonds is 3. The zero-order chi connectivity index (χ0) is 9.84. The van der Waals surface area contributed by atoms with Crippen molar-refractivity contribution < 1.29 is 14.3 Å². The smallest absolute Gasteiger partial charge is 0.303 e. The van der Waals surface area contributed by atoms with Gasteiger partial charge in [-0.05, 0) is 27.4 Å². The first-order valence-electron chi connectivity index (χ1n) is 3.51. The fourth-order valence-corrected chi connectivity index (χ4v) is 2.25. The quantitative estimate of drug-likeness (QED) is 0.620. The van der Waals surface area contributed by atoms with Crippen LogP contribution in [-0.4, -0.2) is 18.4 Å². The molecular weight excluding hydrogens is 256 g/mol. The topological polar surface area (TPSA) is 43.4 Å². The fourth-order valence-electron chi connectivity index (χ4n) is 0.725. The van der Waals surface area contributed by atoms with Gasteiger partial charge in [0.25, 0.3) is 0 Å². The van der Waals surface area contributed by atoms with Crippen LogP contribution in [0.25, 0.3) is 0 Å². The maximum Gasteiger partial charge on any atom is 0.303 e. The van der Waals surface area contributed by atoms with Gasteiger partial charge in [-0.25, -0.2) is 0 Å². The minimum Gasteiger partial charge on any atom is -0.457 e. The van der Waals surface area contributed by atoms with E-state index in [1.807, 2.05) is 0 Å². The Bertz CT molecular complexity index is 332. The van der Waals surface area contributed by atoms with Crippen LogP contribution in [0.5, 0.6) is 0 Å². The van der Waals surface area contributed by atoms with Gasteiger partial charge in [0.1, 0.15) is 0 Å². The molecule has 1 rings (SSSR count). The number of esters is 1. The molecule has 70 valence electrons. The van der Waals surface area contributed by atoms with Gasteiger partial charge in [0, 0.05) is 11.4 Å². The molecule has 1 aromatic heterocycles. The molecule has 1 aromatic rings. The normalized spacial score (nSPS) is 9.69. The molecule has 0 radical (unpaired) electrons. The minimum atomic E-state index is -0.443. The molecule has 0 amide bonds. The Balaban J connectivity index is 2.59. The zero-order valence-corrected chi connectivity index (χ0v) is 9.28. The number of carbonyl (C=O) groups excluding carboxylic acids is 2. The highest BCUT2D eigenvalue weighted by molar-refractivity contribution is 9.10. The monoisotopic (exact) mass is 262 g/mol. The van der Waals surface area contributed by atoms with Crippen LogP contribution >= 0.6 is 27.3 Å². The van der Waals surface area contributed by atoms with Gasteiger partial charge >= 0.3 is 5.97 Å². The van der Waals surface area contributed by atoms with E-state index >= 15 is 0 Å². The summed E-state index contributed by atoms with van der Waals surface area (Å²) in [5, 5.41) is 1.80. The molecule has 0 aromatic carbocycles. The zero-order valence-electron chi connectivity index (χ0n) is 6.87. The highest BCUT2D eigenvalue weighted by Crippen LogP contribution is 2.22. The van der Waals surface area contributed by atoms with Crippen molar-refractivity contribution in [1.82, 2.24) is 0 Å². The molecule has 3 nitrogen and oxygen atoms in total. The minimum absolute atomic E-state index is 0.183. The van der Waals surface area contributed by atoms with Crippen molar-refractivity contribution in [3.8, 4) is 0 Å². The second-order valence-corrected chi connectivity index (χ2v) is 4.07. The van der Waals surface area contributed by atoms with Gasteiger partial charge in [0.2, 0.25) is 5.78 Å². The highest BCUT2D eigenvalue weighted by atomic mass is 79.9. The number of carbonyl (C=O) groups is 2. The lowest BCUT2D eigenvalue weighted by atomic mass is 10.3. The predicted octanol–water partition coefficient (Wildman–Crippen LogP) is 2.26. The first kappa shape index (κ1) is 10.4. The average Bonchev–Trinajstić information content (AvgIpc) is 2.47. The second kappa shape index (κ2) is 4.53. The molecule has 0 unspecified atom stereocenters. The van der Waals surface area contributed by atoms with Crippen LogP contribution in [0, 0.1) is 0 Å². The third-order valence-electron chi connectivity index (χ3n) is 1.28. The Morgan fingerprint density at radius 1 is 1.62 bits per heavy atom. The molecule has 0 atom stereocenters. The molecule has 0 spiro atoms. The van der Waals surface area contributed by atoms with Crippen molar-refractivity contribution in [1.29, 1.82) is 0 Å². The Kier molecular flexibility index (Phi) is 3.62. The van der Waals surface area contributed by atoms with Crippen molar-refractivity contribution in [2.75, 3.05) is 6.61 Å². The van der Waals surface area contributed by atoms with Crippen molar-refractivity contribution in [3.63, 3.8) is 0 Å². The summed E-state index contributed by atoms with van der Waals surface area (Å²) in [6.07, 6.45) is 0. The number of ketones is 1. The number of hydrogen-bond acceptors (Lipinski definition) is 4. The molecule has 13 heavy (non-hydrogen) atoms. The number of thiophene rings is 1. The molecule has 0 N–H and O–H groups in total. The predicted molar refractivity (Wildman–Crippen MR) is 53.0 cm³/mol. The van der Waals surface area contributed by atoms with Crippen LogP contribution in [-0.2, 0) is 9.53 Å². The van der Waals surface area contributed by atoms with Crippen molar-refractivity contribution in [2.24, 2.45) is 0 Å². The Morgan fingerprint density at radius 3 is 2.77 bits per heavy atom. The van der Waals surface area contributed by atoms with Crippen molar-refractivity contribution >= 4 is 39.0 Å². The van der Waals surface area contributed by atoms with E-state index in [0.717, 1.165) is 4.47 Å². The van der Waals surface area contributed by atoms with Gasteiger partial charge in [0.05, 0.1) is 4.88 Å². The van der Waals surface area contributed by atoms with Crippen LogP contribution < -0.4 is 0 Å². The third kappa shape index (κ3) is 2.93. The maximum absolute atomic E-state index is 11.3. The molecule has 0 aliphatic heterocycles. The summed E-state index contributed by atoms with van der Waals surface area (Å²) in [6.45, 7) is 1.09. The number of halogens is 1. The summed E-state index contributed by atoms with van der Waals surface area (Å²) in [5.41, 5.74) is 0. The van der Waals surface area contributed by atoms with Crippen molar-refractivity contribution in [3.05, 3.63) is 20.8 Å². The van der Waals surface area contributed by atoms with E-state index in [9.17, 15) is 9.59 Å². The fraction of sp³-hybridized carbons (Fsp3) is 0.250. The lowest BCUT2D eigenvalue weighted by Crippen LogP contribution is -2.10. The van der Waals surface area contributed by atoms with Gasteiger partial charge in [-0.2, -0.15) is 0 Å². The van der Waals surface area contributed by atoms with Crippen molar-refractivity contribution in [2.45, 2.75) is 6.92 Å². The van der Waals surface area contributed by atoms with E-state index in [0.29, 0.717) is 4.88 Å². The van der Waals surface area contributed by atoms with E-state index < -0.39 is 5.97 Å². The van der Waals surface area contributed by atoms with Crippen LogP contribution in [0.4, 0.5) is 0 Å². The first-order chi connectivity index (χ1) is 6.11. The molecule has 0 aliphatic carbocycles. The van der Waals surface area contributed by atoms with Gasteiger partial charge in [-0.3, -0.25) is 9.59 Å². The van der Waals surface area contributed by atoms with Gasteiger partial charge < -0.3 is 4.74 Å². The summed E-state index contributed by atoms with van der Waals surface area (Å²) in [4.78, 5) is 22.3. The molecule has 0 saturated carbocycles. The van der Waals surface area contributed by atoms with E-state index in [2.05, 4.69) is 20.7 Å². The van der Waals surface area contributed by atoms with Crippen LogP contribution in [0.15, 0.2) is 15.9 Å². The number of hydrogen-bond donors (Lipinski definition) is 0. The maximum atomic E-state index is 11.3. The van der Waals surface area contributed by atoms with E-state index in [1.54, 1.807) is 11.4 Å². The lowest BCUT2D eigenvalue weighted by molar-refractivity contribution is -0.139. The highest BCUT2D eigenvalue weighted by Gasteiger charge is 2.12. The summed E-state index contributed by atoms with van der Waals surface area (Å²) in [6, 6.07) is 1.78. The van der Waals surface area contributed by atoms with Crippen LogP contribution in [0.3, 0.4) is 0 Å². The SMILES string of the molecule is CC(=O)OCC(=O)c1sccc1Br. The first-order valence-corrected chi connectivity index (χ1v) is 5.18. The van der Waals surface area contributed by atoms with Gasteiger partial charge in [0.15, 0.2) is 6.61 Å². The molecule has 0 saturated heterocycles. The lowest BCUT2D eigenvalue weighted by Gasteiger charge is -1.98. The largest absolute Gasteiger partial charge is 0.457 e. The summed E-state index contributed by atoms with van der Waals surface area (Å²) in [7, 11) is 0. The van der Waals surface area contributed by atoms with Crippen LogP contribution in [0.1, 0.15) is 16.6 Å². The van der Waals surface area contributed by atoms with E-state index in [4.69, 9.17) is 0 Å². The Labute approximate surface area is 87.8 Å². The Hall–Kier alpha value is -0.680. The molecule has 1 heterocycles. The van der Waals surface area contributed by atoms with E-state index in [-0.39, 0.29) is 12.4 Å². The molecular formula is C8H7BrO3S. The van der Waals surface area contributed by atoms with Gasteiger partial charge in [-0.15, -0.1) is 11.3 Å². The summed E-state index contributed by atoms with van der Waals surface area (Å²) >= 11 is 4.54. The standard InChI is InChI=1S/C8H7BrO3S/c1-5(10)12-4-7(11)8-6(9)2-3-13-8/h2-3H,4H2,1H3. The molecule has 0 fully saturated rings. The van der Waals surface area contributed by atoms with Gasteiger partial charge in [-0.1, -0.05) is 0 Å². The molecule has 0 bridgehead atoms. The van der Waals surface area contributed by atoms with Crippen LogP contribution in [0.2, 0.25) is 0 Å². The van der Waals surface area contributed by atoms with E-state index in [1.165, 1.54) is 18.3 Å². The summed E-state index contributed by atoms with van der Waals surface area (Å²) in [5.74, 6) is -0.627. The number of ether oxygens (including phenoxy) is 1. The average molecular weight is 263 g/mol. The molecule has 5 heteroatoms.